The molecule has 3 N–H and O–H groups in total. The van der Waals surface area contributed by atoms with Crippen LogP contribution in [0.15, 0.2) is 11.4 Å². The van der Waals surface area contributed by atoms with Gasteiger partial charge in [-0.05, 0) is 6.07 Å². The third-order valence-corrected chi connectivity index (χ3v) is 4.24. The summed E-state index contributed by atoms with van der Waals surface area (Å²) in [4.78, 5) is 0.914. The molecule has 7 heteroatoms. The van der Waals surface area contributed by atoms with Crippen LogP contribution in [0.3, 0.4) is 0 Å². The van der Waals surface area contributed by atoms with Crippen LogP contribution < -0.4 is 10.5 Å². The van der Waals surface area contributed by atoms with Crippen molar-refractivity contribution in [2.24, 2.45) is 5.73 Å². The minimum Gasteiger partial charge on any atom is -0.384 e. The first-order valence-corrected chi connectivity index (χ1v) is 7.83. The zero-order chi connectivity index (χ0) is 13.4. The van der Waals surface area contributed by atoms with E-state index in [4.69, 9.17) is 10.5 Å². The summed E-state index contributed by atoms with van der Waals surface area (Å²) < 4.78 is 30.3. The van der Waals surface area contributed by atoms with E-state index in [0.29, 0.717) is 6.54 Å². The Morgan fingerprint density at radius 3 is 3.00 bits per heavy atom. The highest BCUT2D eigenvalue weighted by Crippen LogP contribution is 2.13. The first-order chi connectivity index (χ1) is 8.57. The average Bonchev–Trinajstić information content (AvgIpc) is 2.80. The summed E-state index contributed by atoms with van der Waals surface area (Å²) >= 11 is 1.46. The van der Waals surface area contributed by atoms with E-state index >= 15 is 0 Å². The van der Waals surface area contributed by atoms with Gasteiger partial charge in [0.2, 0.25) is 10.0 Å². The van der Waals surface area contributed by atoms with Gasteiger partial charge in [-0.15, -0.1) is 11.3 Å². The predicted octanol–water partition coefficient (Wildman–Crippen LogP) is 0.124. The maximum atomic E-state index is 11.5. The van der Waals surface area contributed by atoms with Crippen LogP contribution in [0, 0.1) is 11.8 Å². The lowest BCUT2D eigenvalue weighted by Crippen LogP contribution is -2.27. The van der Waals surface area contributed by atoms with Crippen LogP contribution in [0.25, 0.3) is 0 Å². The normalized spacial score (nSPS) is 11.0. The Kier molecular flexibility index (Phi) is 6.32. The molecule has 0 bridgehead atoms. The van der Waals surface area contributed by atoms with Gasteiger partial charge in [-0.3, -0.25) is 0 Å². The Morgan fingerprint density at radius 1 is 1.56 bits per heavy atom. The fraction of sp³-hybridized carbons (Fsp3) is 0.455. The van der Waals surface area contributed by atoms with E-state index in [2.05, 4.69) is 16.6 Å². The molecule has 0 saturated heterocycles. The van der Waals surface area contributed by atoms with Crippen LogP contribution in [-0.2, 0) is 21.3 Å². The summed E-state index contributed by atoms with van der Waals surface area (Å²) in [5.41, 5.74) is 6.13. The lowest BCUT2D eigenvalue weighted by Gasteiger charge is -2.04. The quantitative estimate of drug-likeness (QED) is 0.729. The SMILES string of the molecule is COCCS(=O)(=O)NCc1cc(C#CCN)cs1. The number of methoxy groups -OCH3 is 1. The lowest BCUT2D eigenvalue weighted by atomic mass is 10.3. The molecule has 0 aliphatic heterocycles. The van der Waals surface area contributed by atoms with Gasteiger partial charge in [0, 0.05) is 29.5 Å². The number of rotatable bonds is 6. The Bertz CT molecular complexity index is 526. The molecular weight excluding hydrogens is 272 g/mol. The molecule has 0 aliphatic rings. The molecule has 0 aromatic carbocycles. The molecule has 0 aliphatic carbocycles. The number of sulfonamides is 1. The Morgan fingerprint density at radius 2 is 2.33 bits per heavy atom. The summed E-state index contributed by atoms with van der Waals surface area (Å²) in [6.07, 6.45) is 0. The van der Waals surface area contributed by atoms with Crippen LogP contribution in [0.2, 0.25) is 0 Å². The summed E-state index contributed by atoms with van der Waals surface area (Å²) in [6, 6.07) is 1.85. The topological polar surface area (TPSA) is 81.4 Å². The van der Waals surface area contributed by atoms with Gasteiger partial charge in [0.05, 0.1) is 18.9 Å². The smallest absolute Gasteiger partial charge is 0.214 e. The second kappa shape index (κ2) is 7.51. The number of hydrogen-bond donors (Lipinski definition) is 2. The Labute approximate surface area is 111 Å². The van der Waals surface area contributed by atoms with Gasteiger partial charge in [-0.25, -0.2) is 13.1 Å². The molecule has 18 heavy (non-hydrogen) atoms. The molecule has 100 valence electrons. The summed E-state index contributed by atoms with van der Waals surface area (Å²) in [7, 11) is -1.80. The minimum atomic E-state index is -3.27. The summed E-state index contributed by atoms with van der Waals surface area (Å²) in [5, 5.41) is 1.88. The van der Waals surface area contributed by atoms with Gasteiger partial charge < -0.3 is 10.5 Å². The largest absolute Gasteiger partial charge is 0.384 e. The predicted molar refractivity (Wildman–Crippen MR) is 72.8 cm³/mol. The van der Waals surface area contributed by atoms with Gasteiger partial charge in [0.25, 0.3) is 0 Å². The summed E-state index contributed by atoms with van der Waals surface area (Å²) in [6.45, 7) is 0.781. The number of nitrogens with one attached hydrogen (secondary N) is 1. The second-order valence-corrected chi connectivity index (χ2v) is 6.36. The van der Waals surface area contributed by atoms with Gasteiger partial charge in [-0.1, -0.05) is 11.8 Å². The number of hydrogen-bond acceptors (Lipinski definition) is 5. The van der Waals surface area contributed by atoms with Crippen molar-refractivity contribution in [1.82, 2.24) is 4.72 Å². The zero-order valence-corrected chi connectivity index (χ0v) is 11.7. The van der Waals surface area contributed by atoms with Crippen molar-refractivity contribution in [3.63, 3.8) is 0 Å². The molecule has 0 saturated carbocycles. The number of nitrogens with two attached hydrogens (primary N) is 1. The minimum absolute atomic E-state index is 0.0330. The van der Waals surface area contributed by atoms with Crippen molar-refractivity contribution in [2.45, 2.75) is 6.54 Å². The standard InChI is InChI=1S/C11H16N2O3S2/c1-16-5-6-18(14,15)13-8-11-7-10(9-17-11)3-2-4-12/h7,9,13H,4-6,8,12H2,1H3. The van der Waals surface area contributed by atoms with E-state index < -0.39 is 10.0 Å². The van der Waals surface area contributed by atoms with Crippen molar-refractivity contribution in [1.29, 1.82) is 0 Å². The molecule has 1 heterocycles. The Balaban J connectivity index is 2.51. The average molecular weight is 288 g/mol. The van der Waals surface area contributed by atoms with E-state index in [1.807, 2.05) is 11.4 Å². The van der Waals surface area contributed by atoms with Gasteiger partial charge in [0.1, 0.15) is 0 Å². The van der Waals surface area contributed by atoms with E-state index in [-0.39, 0.29) is 18.9 Å². The van der Waals surface area contributed by atoms with Crippen molar-refractivity contribution < 1.29 is 13.2 Å². The highest BCUT2D eigenvalue weighted by molar-refractivity contribution is 7.89. The first-order valence-electron chi connectivity index (χ1n) is 5.30. The molecule has 0 unspecified atom stereocenters. The fourth-order valence-electron chi connectivity index (χ4n) is 1.14. The van der Waals surface area contributed by atoms with Crippen molar-refractivity contribution in [3.8, 4) is 11.8 Å². The molecule has 5 nitrogen and oxygen atoms in total. The van der Waals surface area contributed by atoms with E-state index in [1.54, 1.807) is 0 Å². The van der Waals surface area contributed by atoms with Crippen molar-refractivity contribution in [3.05, 3.63) is 21.9 Å². The lowest BCUT2D eigenvalue weighted by molar-refractivity contribution is 0.217. The molecule has 1 aromatic heterocycles. The van der Waals surface area contributed by atoms with Crippen LogP contribution in [0.1, 0.15) is 10.4 Å². The third-order valence-electron chi connectivity index (χ3n) is 2.01. The summed E-state index contributed by atoms with van der Waals surface area (Å²) in [5.74, 6) is 5.61. The molecule has 0 amide bonds. The molecule has 0 fully saturated rings. The van der Waals surface area contributed by atoms with Crippen LogP contribution in [-0.4, -0.2) is 34.4 Å². The van der Waals surface area contributed by atoms with Gasteiger partial charge >= 0.3 is 0 Å². The van der Waals surface area contributed by atoms with E-state index in [0.717, 1.165) is 10.4 Å². The number of ether oxygens (including phenoxy) is 1. The molecule has 0 radical (unpaired) electrons. The van der Waals surface area contributed by atoms with E-state index in [1.165, 1.54) is 18.4 Å². The van der Waals surface area contributed by atoms with Crippen molar-refractivity contribution >= 4 is 21.4 Å². The molecule has 0 atom stereocenters. The van der Waals surface area contributed by atoms with E-state index in [9.17, 15) is 8.42 Å². The number of thiophene rings is 1. The highest BCUT2D eigenvalue weighted by atomic mass is 32.2. The molecule has 1 rings (SSSR count). The van der Waals surface area contributed by atoms with Crippen LogP contribution in [0.4, 0.5) is 0 Å². The second-order valence-electron chi connectivity index (χ2n) is 3.44. The molecular formula is C11H16N2O3S2. The maximum absolute atomic E-state index is 11.5. The zero-order valence-electron chi connectivity index (χ0n) is 10.1. The van der Waals surface area contributed by atoms with Crippen molar-refractivity contribution in [2.75, 3.05) is 26.0 Å². The van der Waals surface area contributed by atoms with Gasteiger partial charge in [0.15, 0.2) is 0 Å². The first kappa shape index (κ1) is 15.1. The van der Waals surface area contributed by atoms with Gasteiger partial charge in [-0.2, -0.15) is 0 Å². The molecule has 0 spiro atoms. The van der Waals surface area contributed by atoms with Crippen LogP contribution >= 0.6 is 11.3 Å². The maximum Gasteiger partial charge on any atom is 0.214 e. The third kappa shape index (κ3) is 5.62. The van der Waals surface area contributed by atoms with Crippen LogP contribution in [0.5, 0.6) is 0 Å². The Hall–Kier alpha value is -0.910. The monoisotopic (exact) mass is 288 g/mol. The molecule has 1 aromatic rings. The fourth-order valence-corrected chi connectivity index (χ4v) is 2.89. The highest BCUT2D eigenvalue weighted by Gasteiger charge is 2.09.